The van der Waals surface area contributed by atoms with Crippen molar-refractivity contribution in [2.24, 2.45) is 0 Å². The van der Waals surface area contributed by atoms with E-state index < -0.39 is 0 Å². The summed E-state index contributed by atoms with van der Waals surface area (Å²) in [7, 11) is 0. The Balaban J connectivity index is 1.15. The summed E-state index contributed by atoms with van der Waals surface area (Å²) >= 11 is 0. The highest BCUT2D eigenvalue weighted by atomic mass is 15.1. The number of hydrogen-bond donors (Lipinski definition) is 0. The molecule has 0 saturated heterocycles. The fourth-order valence-electron chi connectivity index (χ4n) is 10.6. The molecule has 9 heteroatoms. The van der Waals surface area contributed by atoms with Gasteiger partial charge < -0.3 is 9.13 Å². The van der Waals surface area contributed by atoms with Gasteiger partial charge in [-0.05, 0) is 118 Å². The van der Waals surface area contributed by atoms with Crippen molar-refractivity contribution in [3.05, 3.63) is 258 Å². The standard InChI is InChI=1S/C67H37N9/c1-70-51-33-42(40-68)31-49(35-51)46-25-28-55-56-29-26-47(50-32-43(41-69)34-52(36-50)71-2)39-63(56)76(62(55)38-46)60-30-27-48(54-22-14-24-61-64(54)57-21-12-13-23-59(57)75(61)53-19-10-5-11-20-53)37-58(60)67-73-65(44-15-6-3-7-16-44)72-66(74-67)45-17-8-4-9-18-45/h3-39H. The molecule has 0 unspecified atom stereocenters. The molecule has 13 rings (SSSR count). The van der Waals surface area contributed by atoms with Crippen molar-refractivity contribution in [2.75, 3.05) is 0 Å². The Bertz CT molecular complexity index is 4420. The molecule has 0 aliphatic carbocycles. The average Bonchev–Trinajstić information content (AvgIpc) is 4.11. The number of para-hydroxylation sites is 2. The van der Waals surface area contributed by atoms with E-state index in [1.165, 1.54) is 0 Å². The summed E-state index contributed by atoms with van der Waals surface area (Å²) in [5.74, 6) is 1.49. The van der Waals surface area contributed by atoms with Crippen LogP contribution < -0.4 is 0 Å². The van der Waals surface area contributed by atoms with Crippen LogP contribution in [0.3, 0.4) is 0 Å². The van der Waals surface area contributed by atoms with Crippen LogP contribution in [-0.4, -0.2) is 24.1 Å². The fourth-order valence-corrected chi connectivity index (χ4v) is 10.6. The molecular formula is C67H37N9. The molecule has 0 aliphatic heterocycles. The Morgan fingerprint density at radius 3 is 1.43 bits per heavy atom. The van der Waals surface area contributed by atoms with Crippen molar-refractivity contribution >= 4 is 55.0 Å². The molecule has 76 heavy (non-hydrogen) atoms. The van der Waals surface area contributed by atoms with E-state index >= 15 is 0 Å². The molecule has 0 spiro atoms. The normalized spacial score (nSPS) is 11.1. The van der Waals surface area contributed by atoms with E-state index in [-0.39, 0.29) is 0 Å². The minimum absolute atomic E-state index is 0.371. The van der Waals surface area contributed by atoms with Gasteiger partial charge in [-0.3, -0.25) is 0 Å². The first-order valence-corrected chi connectivity index (χ1v) is 24.5. The van der Waals surface area contributed by atoms with Gasteiger partial charge in [-0.25, -0.2) is 24.6 Å². The monoisotopic (exact) mass is 967 g/mol. The van der Waals surface area contributed by atoms with Crippen LogP contribution in [0, 0.1) is 35.8 Å². The summed E-state index contributed by atoms with van der Waals surface area (Å²) < 4.78 is 4.56. The van der Waals surface area contributed by atoms with Gasteiger partial charge in [-0.2, -0.15) is 10.5 Å². The van der Waals surface area contributed by atoms with Gasteiger partial charge in [0.05, 0.1) is 53.0 Å². The molecule has 3 aromatic heterocycles. The average molecular weight is 968 g/mol. The molecule has 9 nitrogen and oxygen atoms in total. The third kappa shape index (κ3) is 7.66. The second kappa shape index (κ2) is 18.4. The number of rotatable bonds is 8. The zero-order chi connectivity index (χ0) is 51.3. The van der Waals surface area contributed by atoms with E-state index in [0.717, 1.165) is 105 Å². The number of nitriles is 2. The Morgan fingerprint density at radius 2 is 0.868 bits per heavy atom. The third-order valence-corrected chi connectivity index (χ3v) is 14.0. The number of hydrogen-bond acceptors (Lipinski definition) is 5. The molecule has 0 atom stereocenters. The molecule has 13 aromatic rings. The number of fused-ring (bicyclic) bond motifs is 6. The van der Waals surface area contributed by atoms with Crippen LogP contribution in [-0.2, 0) is 0 Å². The lowest BCUT2D eigenvalue weighted by atomic mass is 9.96. The molecule has 10 aromatic carbocycles. The van der Waals surface area contributed by atoms with E-state index in [0.29, 0.717) is 40.0 Å². The van der Waals surface area contributed by atoms with Crippen LogP contribution in [0.15, 0.2) is 224 Å². The summed E-state index contributed by atoms with van der Waals surface area (Å²) in [6.07, 6.45) is 0. The summed E-state index contributed by atoms with van der Waals surface area (Å²) in [4.78, 5) is 23.3. The molecule has 3 heterocycles. The van der Waals surface area contributed by atoms with E-state index in [1.807, 2.05) is 103 Å². The first-order chi connectivity index (χ1) is 37.5. The number of benzene rings is 10. The highest BCUT2D eigenvalue weighted by Gasteiger charge is 2.24. The van der Waals surface area contributed by atoms with E-state index in [2.05, 4.69) is 140 Å². The molecule has 350 valence electrons. The zero-order valence-corrected chi connectivity index (χ0v) is 40.4. The molecule has 0 saturated carbocycles. The van der Waals surface area contributed by atoms with Crippen LogP contribution in [0.2, 0.25) is 0 Å². The smallest absolute Gasteiger partial charge is 0.189 e. The lowest BCUT2D eigenvalue weighted by Gasteiger charge is -2.17. The van der Waals surface area contributed by atoms with Crippen molar-refractivity contribution in [3.8, 4) is 91.1 Å². The molecular weight excluding hydrogens is 931 g/mol. The fraction of sp³-hybridized carbons (Fsp3) is 0. The van der Waals surface area contributed by atoms with Gasteiger partial charge in [0.15, 0.2) is 28.8 Å². The minimum Gasteiger partial charge on any atom is -0.309 e. The number of nitrogens with zero attached hydrogens (tertiary/aromatic N) is 9. The van der Waals surface area contributed by atoms with Gasteiger partial charge in [0, 0.05) is 55.0 Å². The van der Waals surface area contributed by atoms with Gasteiger partial charge >= 0.3 is 0 Å². The van der Waals surface area contributed by atoms with Crippen LogP contribution in [0.4, 0.5) is 11.4 Å². The minimum atomic E-state index is 0.371. The zero-order valence-electron chi connectivity index (χ0n) is 40.4. The third-order valence-electron chi connectivity index (χ3n) is 14.0. The van der Waals surface area contributed by atoms with Crippen molar-refractivity contribution in [1.82, 2.24) is 24.1 Å². The van der Waals surface area contributed by atoms with Crippen molar-refractivity contribution in [1.29, 1.82) is 10.5 Å². The van der Waals surface area contributed by atoms with E-state index in [4.69, 9.17) is 28.1 Å². The molecule has 0 amide bonds. The highest BCUT2D eigenvalue weighted by molar-refractivity contribution is 6.16. The van der Waals surface area contributed by atoms with E-state index in [1.54, 1.807) is 12.1 Å². The van der Waals surface area contributed by atoms with Gasteiger partial charge in [0.2, 0.25) is 0 Å². The molecule has 0 fully saturated rings. The summed E-state index contributed by atoms with van der Waals surface area (Å²) in [6.45, 7) is 15.8. The van der Waals surface area contributed by atoms with Gasteiger partial charge in [0.1, 0.15) is 0 Å². The van der Waals surface area contributed by atoms with Crippen molar-refractivity contribution < 1.29 is 0 Å². The second-order valence-electron chi connectivity index (χ2n) is 18.4. The Kier molecular flexibility index (Phi) is 10.8. The second-order valence-corrected chi connectivity index (χ2v) is 18.4. The summed E-state index contributed by atoms with van der Waals surface area (Å²) in [5.41, 5.74) is 14.7. The highest BCUT2D eigenvalue weighted by Crippen LogP contribution is 2.44. The summed E-state index contributed by atoms with van der Waals surface area (Å²) in [5, 5.41) is 24.3. The maximum atomic E-state index is 10.1. The van der Waals surface area contributed by atoms with Crippen LogP contribution in [0.1, 0.15) is 11.1 Å². The van der Waals surface area contributed by atoms with Gasteiger partial charge in [0.25, 0.3) is 0 Å². The van der Waals surface area contributed by atoms with E-state index in [9.17, 15) is 10.5 Å². The van der Waals surface area contributed by atoms with Crippen LogP contribution in [0.5, 0.6) is 0 Å². The first-order valence-electron chi connectivity index (χ1n) is 24.5. The van der Waals surface area contributed by atoms with Crippen molar-refractivity contribution in [3.63, 3.8) is 0 Å². The predicted molar refractivity (Wildman–Crippen MR) is 303 cm³/mol. The predicted octanol–water partition coefficient (Wildman–Crippen LogP) is 16.9. The van der Waals surface area contributed by atoms with Gasteiger partial charge in [-0.1, -0.05) is 140 Å². The maximum Gasteiger partial charge on any atom is 0.189 e. The van der Waals surface area contributed by atoms with Crippen molar-refractivity contribution in [2.45, 2.75) is 0 Å². The SMILES string of the molecule is [C-]#[N+]c1cc(C#N)cc(-c2ccc3c4ccc(-c5cc(C#N)cc([N+]#[C-])c5)cc4n(-c4ccc(-c5cccc6c5c5ccccc5n6-c5ccccc5)cc4-c4nc(-c5ccccc5)nc(-c5ccccc5)n4)c3c2)c1. The number of aromatic nitrogens is 5. The molecule has 0 N–H and O–H groups in total. The molecule has 0 bridgehead atoms. The van der Waals surface area contributed by atoms with Crippen LogP contribution in [0.25, 0.3) is 132 Å². The quantitative estimate of drug-likeness (QED) is 0.141. The lowest BCUT2D eigenvalue weighted by molar-refractivity contribution is 1.06. The van der Waals surface area contributed by atoms with Gasteiger partial charge in [-0.15, -0.1) is 0 Å². The Hall–Kier alpha value is -11.2. The topological polar surface area (TPSA) is 105 Å². The van der Waals surface area contributed by atoms with Crippen LogP contribution >= 0.6 is 0 Å². The Morgan fingerprint density at radius 1 is 0.355 bits per heavy atom. The lowest BCUT2D eigenvalue weighted by Crippen LogP contribution is -2.04. The Labute approximate surface area is 437 Å². The largest absolute Gasteiger partial charge is 0.309 e. The summed E-state index contributed by atoms with van der Waals surface area (Å²) in [6, 6.07) is 79.3. The molecule has 0 aliphatic rings. The maximum absolute atomic E-state index is 10.1. The molecule has 0 radical (unpaired) electrons. The first kappa shape index (κ1) is 44.7.